The Morgan fingerprint density at radius 2 is 1.38 bits per heavy atom. The van der Waals surface area contributed by atoms with Crippen LogP contribution in [0.4, 0.5) is 0 Å². The van der Waals surface area contributed by atoms with Crippen LogP contribution >= 0.6 is 11.3 Å². The van der Waals surface area contributed by atoms with Crippen molar-refractivity contribution >= 4 is 54.7 Å². The molecule has 42 heavy (non-hydrogen) atoms. The van der Waals surface area contributed by atoms with Gasteiger partial charge in [0.1, 0.15) is 0 Å². The standard InChI is InChI=1S/C39H30N2S/c1-41-35(23-20-26-12-4-2-5-13-26)32-22-21-29(30-16-8-9-17-31(30)32)28-24-34(39(40)27-14-6-3-7-15-27)38-33-18-10-11-19-36(33)42-37(38)25-28/h2-19,21-25,39H,1,20,40H2/b35-23-. The topological polar surface area (TPSA) is 38.4 Å². The highest BCUT2D eigenvalue weighted by atomic mass is 32.1. The van der Waals surface area contributed by atoms with E-state index in [-0.39, 0.29) is 6.04 Å². The van der Waals surface area contributed by atoms with E-state index in [4.69, 9.17) is 5.73 Å². The molecule has 0 saturated carbocycles. The van der Waals surface area contributed by atoms with Crippen molar-refractivity contribution in [2.75, 3.05) is 0 Å². The second kappa shape index (κ2) is 11.2. The van der Waals surface area contributed by atoms with Gasteiger partial charge in [0.05, 0.1) is 11.7 Å². The van der Waals surface area contributed by atoms with Gasteiger partial charge in [0, 0.05) is 25.7 Å². The van der Waals surface area contributed by atoms with Crippen molar-refractivity contribution in [2.45, 2.75) is 12.5 Å². The van der Waals surface area contributed by atoms with Crippen LogP contribution in [0.25, 0.3) is 47.8 Å². The van der Waals surface area contributed by atoms with Crippen LogP contribution in [-0.2, 0) is 6.42 Å². The minimum absolute atomic E-state index is 0.241. The van der Waals surface area contributed by atoms with E-state index in [9.17, 15) is 0 Å². The largest absolute Gasteiger partial charge is 0.320 e. The molecule has 202 valence electrons. The zero-order valence-electron chi connectivity index (χ0n) is 23.2. The summed E-state index contributed by atoms with van der Waals surface area (Å²) in [4.78, 5) is 4.46. The lowest BCUT2D eigenvalue weighted by atomic mass is 9.89. The molecule has 0 amide bonds. The molecule has 0 aliphatic heterocycles. The van der Waals surface area contributed by atoms with Crippen LogP contribution in [0.15, 0.2) is 145 Å². The van der Waals surface area contributed by atoms with Crippen LogP contribution in [-0.4, -0.2) is 6.72 Å². The molecule has 7 rings (SSSR count). The highest BCUT2D eigenvalue weighted by molar-refractivity contribution is 7.25. The summed E-state index contributed by atoms with van der Waals surface area (Å²) in [6.45, 7) is 3.92. The van der Waals surface area contributed by atoms with Crippen molar-refractivity contribution in [3.05, 3.63) is 162 Å². The Morgan fingerprint density at radius 1 is 0.714 bits per heavy atom. The number of fused-ring (bicyclic) bond motifs is 4. The quantitative estimate of drug-likeness (QED) is 0.194. The monoisotopic (exact) mass is 558 g/mol. The summed E-state index contributed by atoms with van der Waals surface area (Å²) in [6, 6.07) is 46.9. The number of allylic oxidation sites excluding steroid dienone is 1. The van der Waals surface area contributed by atoms with Gasteiger partial charge in [0.25, 0.3) is 0 Å². The van der Waals surface area contributed by atoms with Crippen molar-refractivity contribution in [3.8, 4) is 11.1 Å². The number of hydrogen-bond acceptors (Lipinski definition) is 3. The van der Waals surface area contributed by atoms with E-state index in [1.165, 1.54) is 42.2 Å². The number of thiophene rings is 1. The highest BCUT2D eigenvalue weighted by Gasteiger charge is 2.19. The Balaban J connectivity index is 1.41. The maximum atomic E-state index is 7.03. The first-order chi connectivity index (χ1) is 20.7. The first-order valence-electron chi connectivity index (χ1n) is 14.2. The van der Waals surface area contributed by atoms with Gasteiger partial charge in [0.2, 0.25) is 0 Å². The summed E-state index contributed by atoms with van der Waals surface area (Å²) in [6.07, 6.45) is 2.97. The summed E-state index contributed by atoms with van der Waals surface area (Å²) in [5.74, 6) is 0. The van der Waals surface area contributed by atoms with Gasteiger partial charge in [-0.05, 0) is 69.9 Å². The molecule has 0 bridgehead atoms. The number of rotatable bonds is 7. The van der Waals surface area contributed by atoms with Crippen molar-refractivity contribution in [3.63, 3.8) is 0 Å². The molecule has 6 aromatic carbocycles. The summed E-state index contributed by atoms with van der Waals surface area (Å²) >= 11 is 1.83. The molecule has 1 unspecified atom stereocenters. The zero-order valence-corrected chi connectivity index (χ0v) is 24.0. The van der Waals surface area contributed by atoms with E-state index >= 15 is 0 Å². The highest BCUT2D eigenvalue weighted by Crippen LogP contribution is 2.43. The fourth-order valence-corrected chi connectivity index (χ4v) is 7.17. The third-order valence-corrected chi connectivity index (χ3v) is 9.18. The van der Waals surface area contributed by atoms with Gasteiger partial charge in [-0.3, -0.25) is 4.99 Å². The Labute approximate surface area is 250 Å². The fourth-order valence-electron chi connectivity index (χ4n) is 5.99. The molecule has 0 spiro atoms. The van der Waals surface area contributed by atoms with E-state index in [1.807, 2.05) is 23.5 Å². The smallest absolute Gasteiger partial charge is 0.0664 e. The van der Waals surface area contributed by atoms with Gasteiger partial charge in [0.15, 0.2) is 0 Å². The average molecular weight is 559 g/mol. The Hall–Kier alpha value is -4.83. The third-order valence-electron chi connectivity index (χ3n) is 8.06. The molecule has 0 fully saturated rings. The van der Waals surface area contributed by atoms with Crippen LogP contribution in [0.2, 0.25) is 0 Å². The first kappa shape index (κ1) is 26.1. The second-order valence-corrected chi connectivity index (χ2v) is 11.7. The number of benzene rings is 6. The minimum Gasteiger partial charge on any atom is -0.320 e. The Bertz CT molecular complexity index is 2090. The van der Waals surface area contributed by atoms with E-state index in [0.717, 1.165) is 34.2 Å². The molecule has 1 aromatic heterocycles. The predicted molar refractivity (Wildman–Crippen MR) is 182 cm³/mol. The van der Waals surface area contributed by atoms with Crippen molar-refractivity contribution in [2.24, 2.45) is 10.7 Å². The first-order valence-corrected chi connectivity index (χ1v) is 15.0. The Kier molecular flexibility index (Phi) is 6.97. The normalized spacial score (nSPS) is 12.6. The summed E-state index contributed by atoms with van der Waals surface area (Å²) < 4.78 is 2.52. The van der Waals surface area contributed by atoms with Gasteiger partial charge < -0.3 is 5.73 Å². The molecule has 1 heterocycles. The average Bonchev–Trinajstić information content (AvgIpc) is 3.44. The maximum absolute atomic E-state index is 7.03. The van der Waals surface area contributed by atoms with Crippen molar-refractivity contribution in [1.82, 2.24) is 0 Å². The predicted octanol–water partition coefficient (Wildman–Crippen LogP) is 10.2. The van der Waals surface area contributed by atoms with Gasteiger partial charge >= 0.3 is 0 Å². The number of nitrogens with two attached hydrogens (primary N) is 1. The number of hydrogen-bond donors (Lipinski definition) is 1. The fraction of sp³-hybridized carbons (Fsp3) is 0.0513. The molecule has 0 aliphatic carbocycles. The van der Waals surface area contributed by atoms with Crippen molar-refractivity contribution < 1.29 is 0 Å². The van der Waals surface area contributed by atoms with E-state index in [2.05, 4.69) is 139 Å². The molecule has 0 saturated heterocycles. The van der Waals surface area contributed by atoms with Crippen LogP contribution in [0, 0.1) is 0 Å². The number of aliphatic imine (C=N–C) groups is 1. The molecule has 3 heteroatoms. The van der Waals surface area contributed by atoms with Gasteiger partial charge in [-0.15, -0.1) is 11.3 Å². The molecule has 7 aromatic rings. The van der Waals surface area contributed by atoms with Crippen LogP contribution < -0.4 is 5.73 Å². The number of nitrogens with zero attached hydrogens (tertiary/aromatic N) is 1. The zero-order chi connectivity index (χ0) is 28.5. The summed E-state index contributed by atoms with van der Waals surface area (Å²) in [5.41, 5.74) is 14.9. The van der Waals surface area contributed by atoms with Gasteiger partial charge in [-0.25, -0.2) is 0 Å². The lowest BCUT2D eigenvalue weighted by Gasteiger charge is -2.18. The van der Waals surface area contributed by atoms with Gasteiger partial charge in [-0.2, -0.15) is 0 Å². The van der Waals surface area contributed by atoms with E-state index < -0.39 is 0 Å². The van der Waals surface area contributed by atoms with E-state index in [1.54, 1.807) is 0 Å². The van der Waals surface area contributed by atoms with Crippen LogP contribution in [0.3, 0.4) is 0 Å². The minimum atomic E-state index is -0.241. The van der Waals surface area contributed by atoms with E-state index in [0.29, 0.717) is 0 Å². The molecule has 2 nitrogen and oxygen atoms in total. The summed E-state index contributed by atoms with van der Waals surface area (Å²) in [5, 5.41) is 4.85. The lowest BCUT2D eigenvalue weighted by molar-refractivity contribution is 0.882. The van der Waals surface area contributed by atoms with Crippen molar-refractivity contribution in [1.29, 1.82) is 0 Å². The lowest BCUT2D eigenvalue weighted by Crippen LogP contribution is -2.12. The van der Waals surface area contributed by atoms with Crippen LogP contribution in [0.1, 0.15) is 28.3 Å². The Morgan fingerprint density at radius 3 is 2.14 bits per heavy atom. The molecule has 0 aliphatic rings. The molecular weight excluding hydrogens is 529 g/mol. The maximum Gasteiger partial charge on any atom is 0.0664 e. The summed E-state index contributed by atoms with van der Waals surface area (Å²) in [7, 11) is 0. The third kappa shape index (κ3) is 4.73. The van der Waals surface area contributed by atoms with Gasteiger partial charge in [-0.1, -0.05) is 121 Å². The molecular formula is C39H30N2S. The SMILES string of the molecule is C=N/C(=C\Cc1ccccc1)c1ccc(-c2cc(C(N)c3ccccc3)c3c(c2)sc2ccccc23)c2ccccc12. The molecule has 0 radical (unpaired) electrons. The molecule has 1 atom stereocenters. The van der Waals surface area contributed by atoms with Crippen LogP contribution in [0.5, 0.6) is 0 Å². The molecule has 2 N–H and O–H groups in total. The second-order valence-electron chi connectivity index (χ2n) is 10.6.